The van der Waals surface area contributed by atoms with Crippen LogP contribution in [0.15, 0.2) is 23.0 Å². The summed E-state index contributed by atoms with van der Waals surface area (Å²) in [5, 5.41) is 3.33. The number of nitrogens with zero attached hydrogens (tertiary/aromatic N) is 1. The summed E-state index contributed by atoms with van der Waals surface area (Å²) in [6.45, 7) is 7.28. The monoisotopic (exact) mass is 250 g/mol. The molecule has 1 fully saturated rings. The molecule has 0 saturated carbocycles. The van der Waals surface area contributed by atoms with Gasteiger partial charge in [-0.15, -0.1) is 0 Å². The maximum Gasteiger partial charge on any atom is 0.230 e. The summed E-state index contributed by atoms with van der Waals surface area (Å²) >= 11 is 0. The Labute approximate surface area is 108 Å². The molecule has 0 radical (unpaired) electrons. The maximum absolute atomic E-state index is 12.6. The molecule has 1 aromatic rings. The lowest BCUT2D eigenvalue weighted by molar-refractivity contribution is -0.142. The van der Waals surface area contributed by atoms with Crippen LogP contribution in [0.1, 0.15) is 32.3 Å². The first-order chi connectivity index (χ1) is 8.65. The number of carbonyl (C=O) groups excluding carboxylic acids is 1. The molecule has 0 aromatic carbocycles. The van der Waals surface area contributed by atoms with Gasteiger partial charge < -0.3 is 14.6 Å². The molecule has 4 heteroatoms. The van der Waals surface area contributed by atoms with Crippen molar-refractivity contribution in [2.45, 2.75) is 33.2 Å². The Balaban J connectivity index is 2.04. The van der Waals surface area contributed by atoms with Gasteiger partial charge in [-0.2, -0.15) is 0 Å². The van der Waals surface area contributed by atoms with Crippen LogP contribution in [0.5, 0.6) is 0 Å². The number of nitrogens with one attached hydrogen (secondary N) is 1. The van der Waals surface area contributed by atoms with Gasteiger partial charge in [0.05, 0.1) is 17.9 Å². The lowest BCUT2D eigenvalue weighted by Gasteiger charge is -2.37. The Kier molecular flexibility index (Phi) is 4.07. The fourth-order valence-electron chi connectivity index (χ4n) is 2.55. The predicted molar refractivity (Wildman–Crippen MR) is 70.0 cm³/mol. The van der Waals surface area contributed by atoms with E-state index in [9.17, 15) is 4.79 Å². The summed E-state index contributed by atoms with van der Waals surface area (Å²) in [7, 11) is 0. The number of hydrogen-bond acceptors (Lipinski definition) is 3. The number of amides is 1. The van der Waals surface area contributed by atoms with Crippen molar-refractivity contribution in [3.05, 3.63) is 24.2 Å². The molecule has 1 aromatic heterocycles. The predicted octanol–water partition coefficient (Wildman–Crippen LogP) is 2.02. The topological polar surface area (TPSA) is 45.5 Å². The molecule has 4 nitrogen and oxygen atoms in total. The van der Waals surface area contributed by atoms with Crippen molar-refractivity contribution in [3.63, 3.8) is 0 Å². The normalized spacial score (nSPS) is 23.9. The number of carbonyl (C=O) groups is 1. The van der Waals surface area contributed by atoms with Gasteiger partial charge in [-0.25, -0.2) is 0 Å². The van der Waals surface area contributed by atoms with Gasteiger partial charge in [0.1, 0.15) is 0 Å². The highest BCUT2D eigenvalue weighted by Crippen LogP contribution is 2.28. The zero-order valence-corrected chi connectivity index (χ0v) is 11.2. The minimum absolute atomic E-state index is 0.249. The van der Waals surface area contributed by atoms with Gasteiger partial charge in [-0.05, 0) is 39.3 Å². The Hall–Kier alpha value is -1.29. The third kappa shape index (κ3) is 2.75. The lowest BCUT2D eigenvalue weighted by Crippen LogP contribution is -2.50. The van der Waals surface area contributed by atoms with Crippen LogP contribution < -0.4 is 5.32 Å². The summed E-state index contributed by atoms with van der Waals surface area (Å²) in [6.07, 6.45) is 5.40. The van der Waals surface area contributed by atoms with E-state index in [4.69, 9.17) is 4.42 Å². The molecule has 0 aliphatic carbocycles. The Morgan fingerprint density at radius 3 is 3.00 bits per heavy atom. The van der Waals surface area contributed by atoms with E-state index < -0.39 is 0 Å². The first kappa shape index (κ1) is 13.1. The number of piperidine rings is 1. The van der Waals surface area contributed by atoms with Crippen LogP contribution in [0.3, 0.4) is 0 Å². The Morgan fingerprint density at radius 1 is 1.61 bits per heavy atom. The van der Waals surface area contributed by atoms with Crippen LogP contribution in [0, 0.1) is 5.41 Å². The molecule has 2 heterocycles. The van der Waals surface area contributed by atoms with E-state index in [0.29, 0.717) is 6.54 Å². The van der Waals surface area contributed by atoms with Gasteiger partial charge in [0.15, 0.2) is 0 Å². The highest BCUT2D eigenvalue weighted by Gasteiger charge is 2.37. The number of furan rings is 1. The standard InChI is InChI=1S/C14H22N2O2/c1-3-16(9-12-5-8-18-10-12)13(17)14(2)6-4-7-15-11-14/h5,8,10,15H,3-4,6-7,9,11H2,1-2H3/t14-/m1/s1. The average Bonchev–Trinajstić information content (AvgIpc) is 2.89. The van der Waals surface area contributed by atoms with E-state index in [1.807, 2.05) is 17.9 Å². The molecule has 100 valence electrons. The molecule has 1 atom stereocenters. The fraction of sp³-hybridized carbons (Fsp3) is 0.643. The number of hydrogen-bond donors (Lipinski definition) is 1. The van der Waals surface area contributed by atoms with Crippen molar-refractivity contribution in [3.8, 4) is 0 Å². The van der Waals surface area contributed by atoms with Crippen LogP contribution in [-0.4, -0.2) is 30.4 Å². The third-order valence-electron chi connectivity index (χ3n) is 3.74. The van der Waals surface area contributed by atoms with Gasteiger partial charge >= 0.3 is 0 Å². The highest BCUT2D eigenvalue weighted by molar-refractivity contribution is 5.82. The summed E-state index contributed by atoms with van der Waals surface area (Å²) in [6, 6.07) is 1.91. The van der Waals surface area contributed by atoms with Gasteiger partial charge in [0, 0.05) is 25.2 Å². The average molecular weight is 250 g/mol. The number of rotatable bonds is 4. The van der Waals surface area contributed by atoms with E-state index in [0.717, 1.165) is 38.0 Å². The molecular formula is C14H22N2O2. The largest absolute Gasteiger partial charge is 0.472 e. The smallest absolute Gasteiger partial charge is 0.230 e. The minimum Gasteiger partial charge on any atom is -0.472 e. The van der Waals surface area contributed by atoms with Gasteiger partial charge in [0.25, 0.3) is 0 Å². The first-order valence-electron chi connectivity index (χ1n) is 6.67. The molecule has 1 aliphatic rings. The summed E-state index contributed by atoms with van der Waals surface area (Å²) in [5.41, 5.74) is 0.801. The molecule has 2 rings (SSSR count). The van der Waals surface area contributed by atoms with E-state index in [1.165, 1.54) is 0 Å². The molecule has 0 unspecified atom stereocenters. The van der Waals surface area contributed by atoms with E-state index in [2.05, 4.69) is 12.2 Å². The maximum atomic E-state index is 12.6. The van der Waals surface area contributed by atoms with Crippen molar-refractivity contribution in [1.82, 2.24) is 10.2 Å². The van der Waals surface area contributed by atoms with Gasteiger partial charge in [0.2, 0.25) is 5.91 Å². The van der Waals surface area contributed by atoms with E-state index >= 15 is 0 Å². The van der Waals surface area contributed by atoms with Gasteiger partial charge in [-0.1, -0.05) is 0 Å². The van der Waals surface area contributed by atoms with Gasteiger partial charge in [-0.3, -0.25) is 4.79 Å². The SMILES string of the molecule is CCN(Cc1ccoc1)C(=O)[C@]1(C)CCCNC1. The Morgan fingerprint density at radius 2 is 2.44 bits per heavy atom. The van der Waals surface area contributed by atoms with Crippen molar-refractivity contribution in [2.24, 2.45) is 5.41 Å². The van der Waals surface area contributed by atoms with Crippen molar-refractivity contribution in [1.29, 1.82) is 0 Å². The van der Waals surface area contributed by atoms with Crippen LogP contribution in [-0.2, 0) is 11.3 Å². The second-order valence-corrected chi connectivity index (χ2v) is 5.29. The van der Waals surface area contributed by atoms with Crippen molar-refractivity contribution >= 4 is 5.91 Å². The lowest BCUT2D eigenvalue weighted by atomic mass is 9.81. The first-order valence-corrected chi connectivity index (χ1v) is 6.67. The molecule has 18 heavy (non-hydrogen) atoms. The van der Waals surface area contributed by atoms with Crippen LogP contribution >= 0.6 is 0 Å². The molecular weight excluding hydrogens is 228 g/mol. The quantitative estimate of drug-likeness (QED) is 0.889. The molecule has 1 saturated heterocycles. The highest BCUT2D eigenvalue weighted by atomic mass is 16.3. The van der Waals surface area contributed by atoms with Crippen LogP contribution in [0.2, 0.25) is 0 Å². The molecule has 1 N–H and O–H groups in total. The zero-order chi connectivity index (χ0) is 13.0. The van der Waals surface area contributed by atoms with E-state index in [1.54, 1.807) is 12.5 Å². The second-order valence-electron chi connectivity index (χ2n) is 5.29. The van der Waals surface area contributed by atoms with Crippen LogP contribution in [0.4, 0.5) is 0 Å². The second kappa shape index (κ2) is 5.57. The summed E-state index contributed by atoms with van der Waals surface area (Å²) in [4.78, 5) is 14.5. The molecule has 0 spiro atoms. The van der Waals surface area contributed by atoms with E-state index in [-0.39, 0.29) is 11.3 Å². The Bertz CT molecular complexity index is 381. The molecule has 1 amide bonds. The fourth-order valence-corrected chi connectivity index (χ4v) is 2.55. The zero-order valence-electron chi connectivity index (χ0n) is 11.2. The molecule has 0 bridgehead atoms. The summed E-state index contributed by atoms with van der Waals surface area (Å²) in [5.74, 6) is 0.249. The van der Waals surface area contributed by atoms with Crippen molar-refractivity contribution in [2.75, 3.05) is 19.6 Å². The molecule has 1 aliphatic heterocycles. The third-order valence-corrected chi connectivity index (χ3v) is 3.74. The van der Waals surface area contributed by atoms with Crippen molar-refractivity contribution < 1.29 is 9.21 Å². The summed E-state index contributed by atoms with van der Waals surface area (Å²) < 4.78 is 5.06. The van der Waals surface area contributed by atoms with Crippen LogP contribution in [0.25, 0.3) is 0 Å². The minimum atomic E-state index is -0.252.